The first-order chi connectivity index (χ1) is 13.8. The van der Waals surface area contributed by atoms with E-state index in [2.05, 4.69) is 20.9 Å². The van der Waals surface area contributed by atoms with Crippen LogP contribution in [-0.4, -0.2) is 25.6 Å². The van der Waals surface area contributed by atoms with Gasteiger partial charge >= 0.3 is 0 Å². The Hall–Kier alpha value is -2.67. The summed E-state index contributed by atoms with van der Waals surface area (Å²) in [5.74, 6) is 0.669. The summed E-state index contributed by atoms with van der Waals surface area (Å²) in [4.78, 5) is 24.7. The lowest BCUT2D eigenvalue weighted by atomic mass is 9.97. The van der Waals surface area contributed by atoms with Crippen LogP contribution in [0, 0.1) is 0 Å². The van der Waals surface area contributed by atoms with Crippen LogP contribution in [0.4, 0.5) is 5.95 Å². The SMILES string of the molecule is CCn1c(NCCn2cnc3ccccc32)nc2sc3c(c2c1=O)CCCC3. The Labute approximate surface area is 166 Å². The van der Waals surface area contributed by atoms with E-state index in [9.17, 15) is 4.79 Å². The maximum absolute atomic E-state index is 13.2. The molecule has 144 valence electrons. The molecular formula is C21H23N5OS. The van der Waals surface area contributed by atoms with Gasteiger partial charge in [-0.1, -0.05) is 12.1 Å². The quantitative estimate of drug-likeness (QED) is 0.560. The molecule has 0 unspecified atom stereocenters. The standard InChI is InChI=1S/C21H23N5OS/c1-2-26-20(27)18-14-7-3-6-10-17(14)28-19(18)24-21(26)22-11-12-25-13-23-15-8-4-5-9-16(15)25/h4-5,8-9,13H,2-3,6-7,10-12H2,1H3,(H,22,24). The number of anilines is 1. The molecule has 0 fully saturated rings. The summed E-state index contributed by atoms with van der Waals surface area (Å²) in [6.07, 6.45) is 6.34. The number of hydrogen-bond acceptors (Lipinski definition) is 5. The van der Waals surface area contributed by atoms with Gasteiger partial charge in [0.25, 0.3) is 5.56 Å². The molecule has 0 aliphatic heterocycles. The number of nitrogens with one attached hydrogen (secondary N) is 1. The van der Waals surface area contributed by atoms with Crippen LogP contribution in [0.2, 0.25) is 0 Å². The molecule has 1 N–H and O–H groups in total. The van der Waals surface area contributed by atoms with Gasteiger partial charge in [0.15, 0.2) is 0 Å². The molecule has 3 heterocycles. The zero-order chi connectivity index (χ0) is 19.1. The molecule has 3 aromatic heterocycles. The average molecular weight is 394 g/mol. The molecular weight excluding hydrogens is 370 g/mol. The Morgan fingerprint density at radius 3 is 2.96 bits per heavy atom. The third-order valence-corrected chi connectivity index (χ3v) is 6.74. The summed E-state index contributed by atoms with van der Waals surface area (Å²) >= 11 is 1.70. The molecule has 0 atom stereocenters. The van der Waals surface area contributed by atoms with Crippen molar-refractivity contribution in [2.45, 2.75) is 45.7 Å². The van der Waals surface area contributed by atoms with Crippen molar-refractivity contribution in [2.75, 3.05) is 11.9 Å². The van der Waals surface area contributed by atoms with Gasteiger partial charge in [-0.05, 0) is 50.3 Å². The minimum Gasteiger partial charge on any atom is -0.354 e. The van der Waals surface area contributed by atoms with E-state index in [1.165, 1.54) is 23.3 Å². The van der Waals surface area contributed by atoms with Gasteiger partial charge in [-0.2, -0.15) is 0 Å². The summed E-state index contributed by atoms with van der Waals surface area (Å²) in [6.45, 7) is 4.06. The molecule has 0 bridgehead atoms. The second kappa shape index (κ2) is 7.05. The fourth-order valence-corrected chi connectivity index (χ4v) is 5.40. The highest BCUT2D eigenvalue weighted by Gasteiger charge is 2.21. The highest BCUT2D eigenvalue weighted by atomic mass is 32.1. The first-order valence-electron chi connectivity index (χ1n) is 9.95. The van der Waals surface area contributed by atoms with Crippen molar-refractivity contribution < 1.29 is 0 Å². The molecule has 0 saturated heterocycles. The minimum atomic E-state index is 0.0995. The molecule has 0 spiro atoms. The number of benzene rings is 1. The summed E-state index contributed by atoms with van der Waals surface area (Å²) in [7, 11) is 0. The lowest BCUT2D eigenvalue weighted by Gasteiger charge is -2.14. The van der Waals surface area contributed by atoms with Crippen molar-refractivity contribution in [1.82, 2.24) is 19.1 Å². The number of aryl methyl sites for hydroxylation is 2. The van der Waals surface area contributed by atoms with Crippen LogP contribution in [0.3, 0.4) is 0 Å². The Kier molecular flexibility index (Phi) is 4.39. The van der Waals surface area contributed by atoms with Crippen LogP contribution in [0.25, 0.3) is 21.3 Å². The molecule has 0 saturated carbocycles. The van der Waals surface area contributed by atoms with E-state index in [1.807, 2.05) is 31.5 Å². The van der Waals surface area contributed by atoms with Gasteiger partial charge in [0.05, 0.1) is 22.7 Å². The van der Waals surface area contributed by atoms with Crippen LogP contribution in [0.15, 0.2) is 35.4 Å². The Morgan fingerprint density at radius 2 is 2.07 bits per heavy atom. The molecule has 4 aromatic rings. The topological polar surface area (TPSA) is 64.7 Å². The smallest absolute Gasteiger partial charge is 0.263 e. The number of imidazole rings is 1. The summed E-state index contributed by atoms with van der Waals surface area (Å²) in [5, 5.41) is 4.24. The molecule has 7 heteroatoms. The number of para-hydroxylation sites is 2. The van der Waals surface area contributed by atoms with Crippen LogP contribution >= 0.6 is 11.3 Å². The highest BCUT2D eigenvalue weighted by molar-refractivity contribution is 7.18. The zero-order valence-electron chi connectivity index (χ0n) is 15.9. The van der Waals surface area contributed by atoms with Gasteiger partial charge in [-0.25, -0.2) is 9.97 Å². The number of rotatable bonds is 5. The van der Waals surface area contributed by atoms with E-state index >= 15 is 0 Å². The zero-order valence-corrected chi connectivity index (χ0v) is 16.8. The first kappa shape index (κ1) is 17.4. The van der Waals surface area contributed by atoms with E-state index in [1.54, 1.807) is 15.9 Å². The molecule has 1 aliphatic carbocycles. The summed E-state index contributed by atoms with van der Waals surface area (Å²) < 4.78 is 3.90. The number of nitrogens with zero attached hydrogens (tertiary/aromatic N) is 4. The Balaban J connectivity index is 1.44. The lowest BCUT2D eigenvalue weighted by Crippen LogP contribution is -2.25. The fraction of sp³-hybridized carbons (Fsp3) is 0.381. The second-order valence-corrected chi connectivity index (χ2v) is 8.31. The maximum Gasteiger partial charge on any atom is 0.263 e. The van der Waals surface area contributed by atoms with Gasteiger partial charge in [0.2, 0.25) is 5.95 Å². The van der Waals surface area contributed by atoms with E-state index in [-0.39, 0.29) is 5.56 Å². The van der Waals surface area contributed by atoms with Crippen molar-refractivity contribution in [1.29, 1.82) is 0 Å². The van der Waals surface area contributed by atoms with Crippen LogP contribution < -0.4 is 10.9 Å². The van der Waals surface area contributed by atoms with Crippen LogP contribution in [0.5, 0.6) is 0 Å². The summed E-state index contributed by atoms with van der Waals surface area (Å²) in [6, 6.07) is 8.11. The van der Waals surface area contributed by atoms with Crippen molar-refractivity contribution >= 4 is 38.5 Å². The average Bonchev–Trinajstić information content (AvgIpc) is 3.29. The maximum atomic E-state index is 13.2. The predicted octanol–water partition coefficient (Wildman–Crippen LogP) is 3.82. The molecule has 1 aliphatic rings. The highest BCUT2D eigenvalue weighted by Crippen LogP contribution is 2.34. The number of aromatic nitrogens is 4. The van der Waals surface area contributed by atoms with Gasteiger partial charge in [-0.3, -0.25) is 9.36 Å². The van der Waals surface area contributed by atoms with Crippen molar-refractivity contribution in [3.8, 4) is 0 Å². The van der Waals surface area contributed by atoms with E-state index < -0.39 is 0 Å². The minimum absolute atomic E-state index is 0.0995. The Bertz CT molecular complexity index is 1220. The normalized spacial score (nSPS) is 13.9. The first-order valence-corrected chi connectivity index (χ1v) is 10.8. The van der Waals surface area contributed by atoms with E-state index in [0.29, 0.717) is 19.0 Å². The number of fused-ring (bicyclic) bond motifs is 4. The third-order valence-electron chi connectivity index (χ3n) is 5.55. The predicted molar refractivity (Wildman–Crippen MR) is 114 cm³/mol. The number of hydrogen-bond donors (Lipinski definition) is 1. The third kappa shape index (κ3) is 2.81. The van der Waals surface area contributed by atoms with Crippen molar-refractivity contribution in [2.24, 2.45) is 0 Å². The Morgan fingerprint density at radius 1 is 1.21 bits per heavy atom. The van der Waals surface area contributed by atoms with Crippen LogP contribution in [0.1, 0.15) is 30.2 Å². The summed E-state index contributed by atoms with van der Waals surface area (Å²) in [5.41, 5.74) is 3.47. The van der Waals surface area contributed by atoms with E-state index in [0.717, 1.165) is 40.6 Å². The largest absolute Gasteiger partial charge is 0.354 e. The van der Waals surface area contributed by atoms with Gasteiger partial charge in [-0.15, -0.1) is 11.3 Å². The molecule has 0 amide bonds. The van der Waals surface area contributed by atoms with Crippen molar-refractivity contribution in [3.63, 3.8) is 0 Å². The molecule has 28 heavy (non-hydrogen) atoms. The van der Waals surface area contributed by atoms with Gasteiger partial charge in [0.1, 0.15) is 4.83 Å². The second-order valence-electron chi connectivity index (χ2n) is 7.23. The van der Waals surface area contributed by atoms with Crippen molar-refractivity contribution in [3.05, 3.63) is 51.4 Å². The van der Waals surface area contributed by atoms with Gasteiger partial charge < -0.3 is 9.88 Å². The molecule has 5 rings (SSSR count). The fourth-order valence-electron chi connectivity index (χ4n) is 4.14. The number of thiophene rings is 1. The van der Waals surface area contributed by atoms with Gasteiger partial charge in [0, 0.05) is 24.5 Å². The lowest BCUT2D eigenvalue weighted by molar-refractivity contribution is 0.690. The molecule has 0 radical (unpaired) electrons. The molecule has 6 nitrogen and oxygen atoms in total. The van der Waals surface area contributed by atoms with E-state index in [4.69, 9.17) is 4.98 Å². The monoisotopic (exact) mass is 393 g/mol. The van der Waals surface area contributed by atoms with Crippen LogP contribution in [-0.2, 0) is 25.9 Å². The molecule has 1 aromatic carbocycles.